The molecule has 124 valence electrons. The Morgan fingerprint density at radius 1 is 1.36 bits per heavy atom. The van der Waals surface area contributed by atoms with Crippen LogP contribution in [0, 0.1) is 5.92 Å². The first kappa shape index (κ1) is 16.7. The van der Waals surface area contributed by atoms with Crippen LogP contribution in [0.25, 0.3) is 0 Å². The van der Waals surface area contributed by atoms with Crippen molar-refractivity contribution in [1.82, 2.24) is 10.2 Å². The maximum Gasteiger partial charge on any atom is 0.407 e. The minimum absolute atomic E-state index is 0.152. The molecule has 2 heterocycles. The summed E-state index contributed by atoms with van der Waals surface area (Å²) >= 11 is 0. The lowest BCUT2D eigenvalue weighted by Crippen LogP contribution is -2.53. The molecule has 2 aliphatic heterocycles. The van der Waals surface area contributed by atoms with E-state index in [-0.39, 0.29) is 18.4 Å². The van der Waals surface area contributed by atoms with Gasteiger partial charge >= 0.3 is 6.09 Å². The summed E-state index contributed by atoms with van der Waals surface area (Å²) in [6.07, 6.45) is 0.343. The Morgan fingerprint density at radius 3 is 2.50 bits per heavy atom. The first-order valence-electron chi connectivity index (χ1n) is 7.30. The number of nitrogens with one attached hydrogen (secondary N) is 1. The second kappa shape index (κ2) is 6.62. The Bertz CT molecular complexity index is 447. The third-order valence-electron chi connectivity index (χ3n) is 3.98. The van der Waals surface area contributed by atoms with E-state index in [1.165, 1.54) is 12.0 Å². The van der Waals surface area contributed by atoms with Gasteiger partial charge in [-0.1, -0.05) is 13.8 Å². The maximum atomic E-state index is 12.7. The smallest absolute Gasteiger partial charge is 0.407 e. The highest BCUT2D eigenvalue weighted by atomic mass is 16.7. The van der Waals surface area contributed by atoms with Crippen molar-refractivity contribution in [3.05, 3.63) is 0 Å². The fourth-order valence-electron chi connectivity index (χ4n) is 2.82. The SMILES string of the molecule is COC(=O)N[C@H](C(=O)N1CC2(C[C@H]1C=O)OCCO2)C(C)C. The van der Waals surface area contributed by atoms with Gasteiger partial charge in [0.05, 0.1) is 32.9 Å². The van der Waals surface area contributed by atoms with E-state index in [0.717, 1.165) is 0 Å². The lowest BCUT2D eigenvalue weighted by Gasteiger charge is -2.29. The number of hydrogen-bond donors (Lipinski definition) is 1. The first-order chi connectivity index (χ1) is 10.4. The first-order valence-corrected chi connectivity index (χ1v) is 7.30. The Labute approximate surface area is 129 Å². The third-order valence-corrected chi connectivity index (χ3v) is 3.98. The van der Waals surface area contributed by atoms with E-state index in [9.17, 15) is 14.4 Å². The van der Waals surface area contributed by atoms with Crippen molar-refractivity contribution in [2.75, 3.05) is 26.9 Å². The molecule has 8 nitrogen and oxygen atoms in total. The highest BCUT2D eigenvalue weighted by Gasteiger charge is 2.51. The van der Waals surface area contributed by atoms with E-state index in [2.05, 4.69) is 10.1 Å². The zero-order valence-corrected chi connectivity index (χ0v) is 13.0. The van der Waals surface area contributed by atoms with Crippen LogP contribution in [0.5, 0.6) is 0 Å². The summed E-state index contributed by atoms with van der Waals surface area (Å²) in [5, 5.41) is 2.52. The van der Waals surface area contributed by atoms with Gasteiger partial charge in [-0.25, -0.2) is 4.79 Å². The Morgan fingerprint density at radius 2 is 2.00 bits per heavy atom. The summed E-state index contributed by atoms with van der Waals surface area (Å²) in [6.45, 7) is 4.69. The largest absolute Gasteiger partial charge is 0.453 e. The number of rotatable bonds is 4. The van der Waals surface area contributed by atoms with Crippen molar-refractivity contribution in [3.8, 4) is 0 Å². The van der Waals surface area contributed by atoms with Crippen LogP contribution in [0.15, 0.2) is 0 Å². The quantitative estimate of drug-likeness (QED) is 0.729. The molecule has 2 atom stereocenters. The standard InChI is InChI=1S/C14H22N2O6/c1-9(2)11(15-13(19)20-3)12(18)16-8-14(6-10(16)7-17)21-4-5-22-14/h7,9-11H,4-6,8H2,1-3H3,(H,15,19)/t10-,11-/m0/s1. The predicted molar refractivity (Wildman–Crippen MR) is 75.0 cm³/mol. The number of carbonyl (C=O) groups excluding carboxylic acids is 3. The molecule has 2 aliphatic rings. The fourth-order valence-corrected chi connectivity index (χ4v) is 2.82. The van der Waals surface area contributed by atoms with Gasteiger partial charge in [-0.3, -0.25) is 4.79 Å². The number of alkyl carbamates (subject to hydrolysis) is 1. The molecule has 22 heavy (non-hydrogen) atoms. The Kier molecular flexibility index (Phi) is 5.02. The molecule has 0 aliphatic carbocycles. The van der Waals surface area contributed by atoms with Gasteiger partial charge in [-0.05, 0) is 5.92 Å². The Balaban J connectivity index is 2.14. The zero-order chi connectivity index (χ0) is 16.3. The molecule has 2 saturated heterocycles. The summed E-state index contributed by atoms with van der Waals surface area (Å²) < 4.78 is 15.7. The highest BCUT2D eigenvalue weighted by molar-refractivity contribution is 5.88. The van der Waals surface area contributed by atoms with Crippen LogP contribution in [0.2, 0.25) is 0 Å². The van der Waals surface area contributed by atoms with Crippen LogP contribution in [0.4, 0.5) is 4.79 Å². The highest BCUT2D eigenvalue weighted by Crippen LogP contribution is 2.34. The summed E-state index contributed by atoms with van der Waals surface area (Å²) in [5.41, 5.74) is 0. The van der Waals surface area contributed by atoms with E-state index < -0.39 is 24.0 Å². The number of amides is 2. The van der Waals surface area contributed by atoms with Crippen LogP contribution in [-0.2, 0) is 23.8 Å². The Hall–Kier alpha value is -1.67. The van der Waals surface area contributed by atoms with Gasteiger partial charge in [0.1, 0.15) is 12.3 Å². The van der Waals surface area contributed by atoms with Crippen LogP contribution in [0.3, 0.4) is 0 Å². The molecule has 0 saturated carbocycles. The van der Waals surface area contributed by atoms with Gasteiger partial charge in [-0.15, -0.1) is 0 Å². The molecule has 1 spiro atoms. The second-order valence-electron chi connectivity index (χ2n) is 5.84. The molecule has 8 heteroatoms. The van der Waals surface area contributed by atoms with Gasteiger partial charge in [0.15, 0.2) is 5.79 Å². The number of likely N-dealkylation sites (tertiary alicyclic amines) is 1. The van der Waals surface area contributed by atoms with Gasteiger partial charge in [0.25, 0.3) is 0 Å². The minimum atomic E-state index is -0.895. The summed E-state index contributed by atoms with van der Waals surface area (Å²) in [5.74, 6) is -1.39. The average Bonchev–Trinajstić information content (AvgIpc) is 3.10. The minimum Gasteiger partial charge on any atom is -0.453 e. The number of ether oxygens (including phenoxy) is 3. The second-order valence-corrected chi connectivity index (χ2v) is 5.84. The lowest BCUT2D eigenvalue weighted by molar-refractivity contribution is -0.153. The van der Waals surface area contributed by atoms with Crippen LogP contribution < -0.4 is 5.32 Å². The number of hydrogen-bond acceptors (Lipinski definition) is 6. The van der Waals surface area contributed by atoms with Crippen molar-refractivity contribution in [1.29, 1.82) is 0 Å². The van der Waals surface area contributed by atoms with Crippen LogP contribution in [0.1, 0.15) is 20.3 Å². The lowest BCUT2D eigenvalue weighted by atomic mass is 10.0. The molecule has 0 bridgehead atoms. The van der Waals surface area contributed by atoms with Crippen molar-refractivity contribution in [2.45, 2.75) is 38.1 Å². The average molecular weight is 314 g/mol. The van der Waals surface area contributed by atoms with Crippen molar-refractivity contribution in [2.24, 2.45) is 5.92 Å². The molecular formula is C14H22N2O6. The molecule has 2 fully saturated rings. The molecule has 0 aromatic rings. The van der Waals surface area contributed by atoms with E-state index in [0.29, 0.717) is 25.9 Å². The molecule has 0 aromatic heterocycles. The van der Waals surface area contributed by atoms with Crippen molar-refractivity contribution >= 4 is 18.3 Å². The molecule has 0 aromatic carbocycles. The van der Waals surface area contributed by atoms with Crippen molar-refractivity contribution in [3.63, 3.8) is 0 Å². The topological polar surface area (TPSA) is 94.2 Å². The summed E-state index contributed by atoms with van der Waals surface area (Å²) in [7, 11) is 1.23. The van der Waals surface area contributed by atoms with E-state index in [1.807, 2.05) is 13.8 Å². The summed E-state index contributed by atoms with van der Waals surface area (Å²) in [6, 6.07) is -1.39. The van der Waals surface area contributed by atoms with Gasteiger partial charge in [0, 0.05) is 6.42 Å². The van der Waals surface area contributed by atoms with Gasteiger partial charge < -0.3 is 29.2 Å². The predicted octanol–water partition coefficient (Wildman–Crippen LogP) is -0.0901. The van der Waals surface area contributed by atoms with E-state index in [1.54, 1.807) is 0 Å². The summed E-state index contributed by atoms with van der Waals surface area (Å²) in [4.78, 5) is 36.9. The molecule has 2 rings (SSSR count). The van der Waals surface area contributed by atoms with E-state index >= 15 is 0 Å². The number of aldehydes is 1. The monoisotopic (exact) mass is 314 g/mol. The molecule has 1 N–H and O–H groups in total. The van der Waals surface area contributed by atoms with Crippen molar-refractivity contribution < 1.29 is 28.6 Å². The zero-order valence-electron chi connectivity index (χ0n) is 13.0. The fraction of sp³-hybridized carbons (Fsp3) is 0.786. The van der Waals surface area contributed by atoms with Gasteiger partial charge in [-0.2, -0.15) is 0 Å². The van der Waals surface area contributed by atoms with E-state index in [4.69, 9.17) is 9.47 Å². The van der Waals surface area contributed by atoms with Crippen LogP contribution >= 0.6 is 0 Å². The molecule has 0 unspecified atom stereocenters. The number of methoxy groups -OCH3 is 1. The van der Waals surface area contributed by atoms with Crippen LogP contribution in [-0.4, -0.2) is 67.9 Å². The maximum absolute atomic E-state index is 12.7. The molecular weight excluding hydrogens is 292 g/mol. The molecule has 2 amide bonds. The number of carbonyl (C=O) groups is 3. The number of nitrogens with zero attached hydrogens (tertiary/aromatic N) is 1. The molecule has 0 radical (unpaired) electrons. The normalized spacial score (nSPS) is 24.5. The third kappa shape index (κ3) is 3.22. The van der Waals surface area contributed by atoms with Gasteiger partial charge in [0.2, 0.25) is 5.91 Å².